The van der Waals surface area contributed by atoms with Crippen LogP contribution in [0.1, 0.15) is 12.8 Å². The third kappa shape index (κ3) is 2.73. The van der Waals surface area contributed by atoms with Crippen molar-refractivity contribution >= 4 is 54.6 Å². The molecule has 6 nitrogen and oxygen atoms in total. The molecule has 8 heteroatoms. The largest absolute Gasteiger partial charge is 0.493 e. The smallest absolute Gasteiger partial charge is 0.162 e. The van der Waals surface area contributed by atoms with Gasteiger partial charge in [-0.15, -0.1) is 0 Å². The second-order valence-corrected chi connectivity index (χ2v) is 9.44. The van der Waals surface area contributed by atoms with Crippen LogP contribution < -0.4 is 29.1 Å². The Morgan fingerprint density at radius 2 is 1.07 bits per heavy atom. The number of hydrogen-bond donors (Lipinski definition) is 0. The highest BCUT2D eigenvalue weighted by molar-refractivity contribution is 9.13. The molecule has 0 spiro atoms. The lowest BCUT2D eigenvalue weighted by Gasteiger charge is -2.33. The summed E-state index contributed by atoms with van der Waals surface area (Å²) < 4.78 is 13.3. The Hall–Kier alpha value is -2.06. The number of ether oxygens (including phenoxy) is 2. The molecule has 158 valence electrons. The van der Waals surface area contributed by atoms with E-state index < -0.39 is 0 Å². The second-order valence-electron chi connectivity index (χ2n) is 7.73. The van der Waals surface area contributed by atoms with Crippen molar-refractivity contribution in [2.45, 2.75) is 12.8 Å². The van der Waals surface area contributed by atoms with Crippen molar-refractivity contribution in [1.82, 2.24) is 0 Å². The molecule has 0 amide bonds. The molecule has 5 rings (SSSR count). The summed E-state index contributed by atoms with van der Waals surface area (Å²) in [6.07, 6.45) is 2.24. The summed E-state index contributed by atoms with van der Waals surface area (Å²) in [6, 6.07) is 8.58. The average Bonchev–Trinajstić information content (AvgIpc) is 3.12. The van der Waals surface area contributed by atoms with Crippen LogP contribution in [0.2, 0.25) is 0 Å². The van der Waals surface area contributed by atoms with Gasteiger partial charge >= 0.3 is 0 Å². The summed E-state index contributed by atoms with van der Waals surface area (Å²) in [5, 5.41) is 0. The normalized spacial score (nSPS) is 19.8. The molecule has 30 heavy (non-hydrogen) atoms. The van der Waals surface area contributed by atoms with Crippen LogP contribution in [0, 0.1) is 0 Å². The van der Waals surface area contributed by atoms with E-state index in [0.717, 1.165) is 57.8 Å². The Morgan fingerprint density at radius 1 is 0.667 bits per heavy atom. The Kier molecular flexibility index (Phi) is 4.82. The molecule has 3 heterocycles. The maximum atomic E-state index is 5.60. The average molecular weight is 536 g/mol. The van der Waals surface area contributed by atoms with Crippen molar-refractivity contribution in [1.29, 1.82) is 0 Å². The van der Waals surface area contributed by atoms with Crippen LogP contribution in [-0.2, 0) is 0 Å². The van der Waals surface area contributed by atoms with Crippen molar-refractivity contribution < 1.29 is 9.47 Å². The molecule has 0 bridgehead atoms. The Labute approximate surface area is 193 Å². The van der Waals surface area contributed by atoms with Gasteiger partial charge in [0.25, 0.3) is 0 Å². The van der Waals surface area contributed by atoms with Crippen LogP contribution in [-0.4, -0.2) is 41.4 Å². The van der Waals surface area contributed by atoms with Gasteiger partial charge in [-0.05, 0) is 56.8 Å². The van der Waals surface area contributed by atoms with Crippen molar-refractivity contribution in [2.75, 3.05) is 61.0 Å². The van der Waals surface area contributed by atoms with Gasteiger partial charge in [0, 0.05) is 48.3 Å². The van der Waals surface area contributed by atoms with E-state index >= 15 is 0 Å². The van der Waals surface area contributed by atoms with E-state index in [9.17, 15) is 0 Å². The molecule has 2 aromatic rings. The summed E-state index contributed by atoms with van der Waals surface area (Å²) in [7, 11) is 7.66. The summed E-state index contributed by atoms with van der Waals surface area (Å²) in [5.74, 6) is 3.89. The van der Waals surface area contributed by atoms with Crippen LogP contribution in [0.15, 0.2) is 44.9 Å². The summed E-state index contributed by atoms with van der Waals surface area (Å²) >= 11 is 7.36. The lowest BCUT2D eigenvalue weighted by atomic mass is 10.2. The standard InChI is InChI=1S/C22H24Br2N4O2/c1-25-15-9-13(23)14(24)10-17(15)27-7-5-6-8-28-18-12-20(30-4)19(29-3)11-16(18)26(2)22(28)21(25)27/h9-12H,5-8H2,1-4H3/b22-21-. The molecule has 0 unspecified atom stereocenters. The molecule has 0 aromatic heterocycles. The molecule has 3 aliphatic heterocycles. The summed E-state index contributed by atoms with van der Waals surface area (Å²) in [6.45, 7) is 1.96. The Bertz CT molecular complexity index is 1070. The van der Waals surface area contributed by atoms with Gasteiger partial charge in [0.05, 0.1) is 37.0 Å². The molecule has 0 saturated heterocycles. The highest BCUT2D eigenvalue weighted by Gasteiger charge is 2.41. The number of rotatable bonds is 2. The van der Waals surface area contributed by atoms with Crippen LogP contribution in [0.4, 0.5) is 22.7 Å². The van der Waals surface area contributed by atoms with E-state index in [1.54, 1.807) is 14.2 Å². The van der Waals surface area contributed by atoms with E-state index in [0.29, 0.717) is 0 Å². The maximum Gasteiger partial charge on any atom is 0.162 e. The topological polar surface area (TPSA) is 31.4 Å². The number of halogens is 2. The number of methoxy groups -OCH3 is 2. The van der Waals surface area contributed by atoms with Gasteiger partial charge < -0.3 is 29.1 Å². The van der Waals surface area contributed by atoms with Crippen molar-refractivity contribution in [2.24, 2.45) is 0 Å². The zero-order chi connectivity index (χ0) is 21.2. The van der Waals surface area contributed by atoms with Gasteiger partial charge in [-0.25, -0.2) is 0 Å². The number of nitrogens with zero attached hydrogens (tertiary/aromatic N) is 4. The van der Waals surface area contributed by atoms with Crippen molar-refractivity contribution in [3.8, 4) is 11.5 Å². The van der Waals surface area contributed by atoms with Crippen LogP contribution in [0.5, 0.6) is 11.5 Å². The third-order valence-corrected chi connectivity index (χ3v) is 8.01. The predicted molar refractivity (Wildman–Crippen MR) is 129 cm³/mol. The molecule has 0 radical (unpaired) electrons. The molecule has 0 fully saturated rings. The molecule has 0 atom stereocenters. The molecular weight excluding hydrogens is 512 g/mol. The highest BCUT2D eigenvalue weighted by atomic mass is 79.9. The van der Waals surface area contributed by atoms with E-state index in [1.807, 2.05) is 0 Å². The molecule has 0 N–H and O–H groups in total. The highest BCUT2D eigenvalue weighted by Crippen LogP contribution is 2.52. The first kappa shape index (κ1) is 19.9. The van der Waals surface area contributed by atoms with Crippen LogP contribution >= 0.6 is 31.9 Å². The zero-order valence-electron chi connectivity index (χ0n) is 17.5. The van der Waals surface area contributed by atoms with Gasteiger partial charge in [-0.1, -0.05) is 0 Å². The van der Waals surface area contributed by atoms with Gasteiger partial charge in [0.15, 0.2) is 23.1 Å². The number of benzene rings is 2. The molecule has 2 aromatic carbocycles. The van der Waals surface area contributed by atoms with E-state index in [4.69, 9.17) is 9.47 Å². The molecule has 0 saturated carbocycles. The van der Waals surface area contributed by atoms with E-state index in [2.05, 4.69) is 89.8 Å². The minimum atomic E-state index is 0.747. The van der Waals surface area contributed by atoms with Crippen molar-refractivity contribution in [3.05, 3.63) is 44.9 Å². The minimum absolute atomic E-state index is 0.747. The first-order valence-electron chi connectivity index (χ1n) is 9.98. The molecular formula is C22H24Br2N4O2. The molecule has 3 aliphatic rings. The fraction of sp³-hybridized carbons (Fsp3) is 0.364. The monoisotopic (exact) mass is 534 g/mol. The van der Waals surface area contributed by atoms with E-state index in [1.165, 1.54) is 23.0 Å². The third-order valence-electron chi connectivity index (χ3n) is 6.16. The number of hydrogen-bond acceptors (Lipinski definition) is 6. The Balaban J connectivity index is 1.73. The van der Waals surface area contributed by atoms with Gasteiger partial charge in [-0.3, -0.25) is 0 Å². The van der Waals surface area contributed by atoms with Gasteiger partial charge in [0.2, 0.25) is 0 Å². The predicted octanol–water partition coefficient (Wildman–Crippen LogP) is 5.36. The summed E-state index contributed by atoms with van der Waals surface area (Å²) in [4.78, 5) is 9.45. The molecule has 0 aliphatic carbocycles. The van der Waals surface area contributed by atoms with Gasteiger partial charge in [0.1, 0.15) is 0 Å². The zero-order valence-corrected chi connectivity index (χ0v) is 20.7. The van der Waals surface area contributed by atoms with Crippen LogP contribution in [0.25, 0.3) is 0 Å². The number of fused-ring (bicyclic) bond motifs is 6. The van der Waals surface area contributed by atoms with Crippen LogP contribution in [0.3, 0.4) is 0 Å². The quantitative estimate of drug-likeness (QED) is 0.514. The SMILES string of the molecule is COc1cc2c(cc1OC)N1CCCCN3/C(=C\1N2C)N(C)c1cc(Br)c(Br)cc13. The fourth-order valence-electron chi connectivity index (χ4n) is 4.71. The summed E-state index contributed by atoms with van der Waals surface area (Å²) in [5.41, 5.74) is 4.72. The minimum Gasteiger partial charge on any atom is -0.493 e. The lowest BCUT2D eigenvalue weighted by molar-refractivity contribution is 0.355. The Morgan fingerprint density at radius 3 is 1.57 bits per heavy atom. The fourth-order valence-corrected chi connectivity index (χ4v) is 5.37. The van der Waals surface area contributed by atoms with Crippen molar-refractivity contribution in [3.63, 3.8) is 0 Å². The lowest BCUT2D eigenvalue weighted by Crippen LogP contribution is -2.39. The first-order chi connectivity index (χ1) is 14.5. The van der Waals surface area contributed by atoms with E-state index in [-0.39, 0.29) is 0 Å². The number of anilines is 4. The second kappa shape index (κ2) is 7.27. The first-order valence-corrected chi connectivity index (χ1v) is 11.6. The van der Waals surface area contributed by atoms with Gasteiger partial charge in [-0.2, -0.15) is 0 Å². The maximum absolute atomic E-state index is 5.60.